The van der Waals surface area contributed by atoms with E-state index in [1.807, 2.05) is 30.4 Å². The second kappa shape index (κ2) is 12.3. The number of rotatable bonds is 10. The highest BCUT2D eigenvalue weighted by molar-refractivity contribution is 14.0. The number of thiazole rings is 1. The van der Waals surface area contributed by atoms with Crippen molar-refractivity contribution in [2.75, 3.05) is 39.6 Å². The third-order valence-electron chi connectivity index (χ3n) is 4.35. The van der Waals surface area contributed by atoms with E-state index in [9.17, 15) is 0 Å². The lowest BCUT2D eigenvalue weighted by Crippen LogP contribution is -2.47. The van der Waals surface area contributed by atoms with Crippen molar-refractivity contribution in [2.24, 2.45) is 10.4 Å². The summed E-state index contributed by atoms with van der Waals surface area (Å²) < 4.78 is 6.40. The van der Waals surface area contributed by atoms with Crippen LogP contribution in [0.1, 0.15) is 32.1 Å². The zero-order valence-electron chi connectivity index (χ0n) is 14.5. The third-order valence-corrected chi connectivity index (χ3v) is 6.41. The number of aromatic nitrogens is 1. The molecule has 0 unspecified atom stereocenters. The van der Waals surface area contributed by atoms with Crippen LogP contribution in [0.3, 0.4) is 0 Å². The van der Waals surface area contributed by atoms with Crippen LogP contribution in [0.25, 0.3) is 0 Å². The van der Waals surface area contributed by atoms with Crippen molar-refractivity contribution in [3.63, 3.8) is 0 Å². The lowest BCUT2D eigenvalue weighted by atomic mass is 9.67. The van der Waals surface area contributed by atoms with E-state index < -0.39 is 0 Å². The molecule has 0 amide bonds. The predicted molar refractivity (Wildman–Crippen MR) is 115 cm³/mol. The van der Waals surface area contributed by atoms with Gasteiger partial charge in [-0.05, 0) is 31.1 Å². The first kappa shape index (κ1) is 22.0. The van der Waals surface area contributed by atoms with Gasteiger partial charge in [0.25, 0.3) is 0 Å². The van der Waals surface area contributed by atoms with Crippen LogP contribution in [0, 0.1) is 5.41 Å². The van der Waals surface area contributed by atoms with E-state index in [0.717, 1.165) is 48.6 Å². The molecule has 0 spiro atoms. The van der Waals surface area contributed by atoms with Crippen molar-refractivity contribution in [1.29, 1.82) is 0 Å². The van der Waals surface area contributed by atoms with E-state index in [4.69, 9.17) is 4.74 Å². The molecule has 0 saturated heterocycles. The minimum Gasteiger partial charge on any atom is -0.385 e. The molecule has 2 rings (SSSR count). The van der Waals surface area contributed by atoms with Gasteiger partial charge in [-0.1, -0.05) is 18.2 Å². The monoisotopic (exact) mass is 484 g/mol. The molecule has 0 bridgehead atoms. The topological polar surface area (TPSA) is 58.5 Å². The first-order valence-electron chi connectivity index (χ1n) is 8.24. The van der Waals surface area contributed by atoms with Crippen LogP contribution in [-0.2, 0) is 4.74 Å². The number of halogens is 1. The van der Waals surface area contributed by atoms with E-state index in [-0.39, 0.29) is 24.0 Å². The van der Waals surface area contributed by atoms with Crippen molar-refractivity contribution in [1.82, 2.24) is 15.6 Å². The van der Waals surface area contributed by atoms with Crippen LogP contribution >= 0.6 is 47.1 Å². The summed E-state index contributed by atoms with van der Waals surface area (Å²) in [5.41, 5.74) is 0.411. The molecule has 24 heavy (non-hydrogen) atoms. The number of nitrogens with zero attached hydrogens (tertiary/aromatic N) is 2. The number of ether oxygens (including phenoxy) is 1. The Kier molecular flexibility index (Phi) is 11.3. The highest BCUT2D eigenvalue weighted by Crippen LogP contribution is 2.43. The highest BCUT2D eigenvalue weighted by atomic mass is 127. The number of hydrogen-bond donors (Lipinski definition) is 2. The lowest BCUT2D eigenvalue weighted by molar-refractivity contribution is 0.0732. The SMILES string of the molecule is CN=C(NCCCSc1nccs1)NCC1(CCOC)CCC1.I. The number of thioether (sulfide) groups is 1. The molecule has 1 heterocycles. The Morgan fingerprint density at radius 3 is 2.88 bits per heavy atom. The lowest BCUT2D eigenvalue weighted by Gasteiger charge is -2.42. The Morgan fingerprint density at radius 2 is 2.29 bits per heavy atom. The van der Waals surface area contributed by atoms with Gasteiger partial charge < -0.3 is 15.4 Å². The molecular weight excluding hydrogens is 455 g/mol. The van der Waals surface area contributed by atoms with E-state index in [2.05, 4.69) is 20.6 Å². The molecule has 8 heteroatoms. The van der Waals surface area contributed by atoms with E-state index >= 15 is 0 Å². The molecule has 5 nitrogen and oxygen atoms in total. The molecule has 2 N–H and O–H groups in total. The van der Waals surface area contributed by atoms with Gasteiger partial charge in [-0.25, -0.2) is 4.98 Å². The van der Waals surface area contributed by atoms with E-state index in [1.54, 1.807) is 18.4 Å². The average Bonchev–Trinajstić information content (AvgIpc) is 3.04. The van der Waals surface area contributed by atoms with Crippen molar-refractivity contribution in [2.45, 2.75) is 36.4 Å². The van der Waals surface area contributed by atoms with Crippen molar-refractivity contribution in [3.05, 3.63) is 11.6 Å². The number of aliphatic imine (C=N–C) groups is 1. The summed E-state index contributed by atoms with van der Waals surface area (Å²) in [6, 6.07) is 0. The number of hydrogen-bond acceptors (Lipinski definition) is 5. The third kappa shape index (κ3) is 7.45. The first-order valence-corrected chi connectivity index (χ1v) is 10.1. The van der Waals surface area contributed by atoms with Gasteiger partial charge in [-0.2, -0.15) is 0 Å². The summed E-state index contributed by atoms with van der Waals surface area (Å²) >= 11 is 3.52. The highest BCUT2D eigenvalue weighted by Gasteiger charge is 2.36. The molecule has 1 aromatic heterocycles. The van der Waals surface area contributed by atoms with Gasteiger partial charge in [0, 0.05) is 51.2 Å². The molecule has 0 radical (unpaired) electrons. The fraction of sp³-hybridized carbons (Fsp3) is 0.750. The van der Waals surface area contributed by atoms with Gasteiger partial charge in [-0.3, -0.25) is 4.99 Å². The second-order valence-corrected chi connectivity index (χ2v) is 8.19. The van der Waals surface area contributed by atoms with Crippen LogP contribution in [0.2, 0.25) is 0 Å². The van der Waals surface area contributed by atoms with Gasteiger partial charge in [0.05, 0.1) is 0 Å². The van der Waals surface area contributed by atoms with Crippen LogP contribution in [0.5, 0.6) is 0 Å². The van der Waals surface area contributed by atoms with Gasteiger partial charge in [-0.15, -0.1) is 35.3 Å². The van der Waals surface area contributed by atoms with E-state index in [1.165, 1.54) is 19.3 Å². The summed E-state index contributed by atoms with van der Waals surface area (Å²) in [5.74, 6) is 1.99. The normalized spacial score (nSPS) is 16.2. The molecule has 0 atom stereocenters. The first-order chi connectivity index (χ1) is 11.3. The Hall–Kier alpha value is -0.0600. The van der Waals surface area contributed by atoms with Crippen molar-refractivity contribution >= 4 is 53.0 Å². The maximum atomic E-state index is 5.25. The molecule has 138 valence electrons. The Balaban J connectivity index is 0.00000288. The predicted octanol–water partition coefficient (Wildman–Crippen LogP) is 3.62. The van der Waals surface area contributed by atoms with Gasteiger partial charge in [0.15, 0.2) is 5.96 Å². The molecule has 1 fully saturated rings. The Bertz CT molecular complexity index is 467. The molecular formula is C16H29IN4OS2. The van der Waals surface area contributed by atoms with Gasteiger partial charge in [0.2, 0.25) is 0 Å². The quantitative estimate of drug-likeness (QED) is 0.175. The summed E-state index contributed by atoms with van der Waals surface area (Å²) in [7, 11) is 3.62. The fourth-order valence-corrected chi connectivity index (χ4v) is 4.37. The van der Waals surface area contributed by atoms with Crippen LogP contribution < -0.4 is 10.6 Å². The second-order valence-electron chi connectivity index (χ2n) is 5.95. The standard InChI is InChI=1S/C16H28N4OS2.HI/c1-17-14(18-8-4-11-22-15-19-9-12-23-15)20-13-16(5-3-6-16)7-10-21-2;/h9,12H,3-8,10-11,13H2,1-2H3,(H2,17,18,20);1H. The summed E-state index contributed by atoms with van der Waals surface area (Å²) in [4.78, 5) is 8.60. The van der Waals surface area contributed by atoms with Crippen molar-refractivity contribution < 1.29 is 4.74 Å². The minimum atomic E-state index is 0. The largest absolute Gasteiger partial charge is 0.385 e. The van der Waals surface area contributed by atoms with Crippen molar-refractivity contribution in [3.8, 4) is 0 Å². The molecule has 1 aliphatic carbocycles. The number of guanidine groups is 1. The zero-order chi connectivity index (χ0) is 16.4. The summed E-state index contributed by atoms with van der Waals surface area (Å²) in [5, 5.41) is 8.92. The zero-order valence-corrected chi connectivity index (χ0v) is 18.5. The smallest absolute Gasteiger partial charge is 0.190 e. The summed E-state index contributed by atoms with van der Waals surface area (Å²) in [6.45, 7) is 2.77. The van der Waals surface area contributed by atoms with E-state index in [0.29, 0.717) is 5.41 Å². The van der Waals surface area contributed by atoms with Crippen LogP contribution in [-0.4, -0.2) is 50.6 Å². The molecule has 1 saturated carbocycles. The molecule has 0 aliphatic heterocycles. The van der Waals surface area contributed by atoms with Crippen LogP contribution in [0.4, 0.5) is 0 Å². The number of nitrogens with one attached hydrogen (secondary N) is 2. The molecule has 0 aromatic carbocycles. The Morgan fingerprint density at radius 1 is 1.46 bits per heavy atom. The number of methoxy groups -OCH3 is 1. The molecule has 1 aliphatic rings. The maximum Gasteiger partial charge on any atom is 0.190 e. The maximum absolute atomic E-state index is 5.25. The minimum absolute atomic E-state index is 0. The fourth-order valence-electron chi connectivity index (χ4n) is 2.72. The average molecular weight is 484 g/mol. The van der Waals surface area contributed by atoms with Crippen LogP contribution in [0.15, 0.2) is 20.9 Å². The van der Waals surface area contributed by atoms with Gasteiger partial charge in [0.1, 0.15) is 4.34 Å². The Labute approximate surface area is 170 Å². The summed E-state index contributed by atoms with van der Waals surface area (Å²) in [6.07, 6.45) is 8.02. The van der Waals surface area contributed by atoms with Gasteiger partial charge >= 0.3 is 0 Å². The molecule has 1 aromatic rings.